The van der Waals surface area contributed by atoms with Crippen molar-refractivity contribution < 1.29 is 19.8 Å². The fraction of sp³-hybridized carbons (Fsp3) is 0.182. The first-order valence-corrected chi connectivity index (χ1v) is 14.1. The smallest absolute Gasteiger partial charge is 0.335 e. The molecule has 0 bridgehead atoms. The largest absolute Gasteiger partial charge is 0.478 e. The van der Waals surface area contributed by atoms with Crippen LogP contribution in [-0.4, -0.2) is 37.1 Å². The number of aromatic carboxylic acids is 2. The molecular formula is C33H29N3O4S. The Morgan fingerprint density at radius 3 is 1.78 bits per heavy atom. The summed E-state index contributed by atoms with van der Waals surface area (Å²) < 4.78 is 0. The second-order valence-electron chi connectivity index (χ2n) is 10.4. The number of aromatic nitrogens is 3. The van der Waals surface area contributed by atoms with Crippen LogP contribution >= 0.6 is 11.3 Å². The molecule has 0 aliphatic rings. The summed E-state index contributed by atoms with van der Waals surface area (Å²) in [5, 5.41) is 19.2. The predicted molar refractivity (Wildman–Crippen MR) is 162 cm³/mol. The summed E-state index contributed by atoms with van der Waals surface area (Å²) in [5.41, 5.74) is 6.28. The van der Waals surface area contributed by atoms with E-state index >= 15 is 0 Å². The van der Waals surface area contributed by atoms with Gasteiger partial charge in [-0.25, -0.2) is 14.6 Å². The average molecular weight is 564 g/mol. The van der Waals surface area contributed by atoms with Crippen LogP contribution in [0.15, 0.2) is 79.1 Å². The summed E-state index contributed by atoms with van der Waals surface area (Å²) in [6, 6.07) is 20.2. The number of carbonyl (C=O) groups is 2. The maximum atomic E-state index is 12.0. The van der Waals surface area contributed by atoms with Crippen LogP contribution in [0.1, 0.15) is 71.4 Å². The molecule has 0 fully saturated rings. The third-order valence-corrected chi connectivity index (χ3v) is 8.03. The van der Waals surface area contributed by atoms with Crippen LogP contribution in [0.5, 0.6) is 0 Å². The van der Waals surface area contributed by atoms with Crippen molar-refractivity contribution in [2.24, 2.45) is 0 Å². The molecule has 4 heterocycles. The minimum absolute atomic E-state index is 0.00430. The van der Waals surface area contributed by atoms with Crippen LogP contribution in [0, 0.1) is 0 Å². The molecule has 7 nitrogen and oxygen atoms in total. The first-order valence-electron chi connectivity index (χ1n) is 13.3. The molecule has 4 aromatic heterocycles. The van der Waals surface area contributed by atoms with E-state index in [1.165, 1.54) is 52.0 Å². The molecule has 2 N–H and O–H groups in total. The summed E-state index contributed by atoms with van der Waals surface area (Å²) in [5.74, 6) is -1.47. The lowest BCUT2D eigenvalue weighted by molar-refractivity contribution is 0.0686. The van der Waals surface area contributed by atoms with E-state index in [4.69, 9.17) is 0 Å². The van der Waals surface area contributed by atoms with Crippen LogP contribution in [0.4, 0.5) is 0 Å². The van der Waals surface area contributed by atoms with Crippen LogP contribution < -0.4 is 0 Å². The highest BCUT2D eigenvalue weighted by molar-refractivity contribution is 7.18. The molecule has 0 amide bonds. The Balaban J connectivity index is 1.58. The van der Waals surface area contributed by atoms with Crippen molar-refractivity contribution in [3.8, 4) is 43.7 Å². The van der Waals surface area contributed by atoms with E-state index in [1.54, 1.807) is 17.5 Å². The molecule has 0 aliphatic heterocycles. The number of carboxylic acid groups (broad SMARTS) is 2. The zero-order valence-corrected chi connectivity index (χ0v) is 23.9. The van der Waals surface area contributed by atoms with Crippen molar-refractivity contribution in [3.63, 3.8) is 0 Å². The van der Waals surface area contributed by atoms with Crippen molar-refractivity contribution in [1.29, 1.82) is 0 Å². The molecular weight excluding hydrogens is 534 g/mol. The topological polar surface area (TPSA) is 113 Å². The first-order chi connectivity index (χ1) is 19.6. The zero-order chi connectivity index (χ0) is 29.3. The third-order valence-electron chi connectivity index (χ3n) is 6.87. The molecule has 5 rings (SSSR count). The molecule has 41 heavy (non-hydrogen) atoms. The maximum absolute atomic E-state index is 12.0. The van der Waals surface area contributed by atoms with Gasteiger partial charge >= 0.3 is 11.9 Å². The number of nitrogens with zero attached hydrogens (tertiary/aromatic N) is 3. The second kappa shape index (κ2) is 11.4. The van der Waals surface area contributed by atoms with Gasteiger partial charge in [0, 0.05) is 22.1 Å². The number of rotatable bonds is 8. The van der Waals surface area contributed by atoms with Crippen LogP contribution in [0.3, 0.4) is 0 Å². The Morgan fingerprint density at radius 1 is 0.659 bits per heavy atom. The zero-order valence-electron chi connectivity index (χ0n) is 23.1. The molecule has 8 heteroatoms. The van der Waals surface area contributed by atoms with Crippen LogP contribution in [0.25, 0.3) is 43.7 Å². The van der Waals surface area contributed by atoms with Gasteiger partial charge < -0.3 is 10.2 Å². The first kappa shape index (κ1) is 27.9. The number of pyridine rings is 3. The van der Waals surface area contributed by atoms with E-state index in [2.05, 4.69) is 73.0 Å². The van der Waals surface area contributed by atoms with E-state index in [0.29, 0.717) is 23.2 Å². The lowest BCUT2D eigenvalue weighted by Gasteiger charge is -2.18. The number of thiophene rings is 1. The van der Waals surface area contributed by atoms with Crippen molar-refractivity contribution >= 4 is 23.3 Å². The Kier molecular flexibility index (Phi) is 7.77. The highest BCUT2D eigenvalue weighted by Gasteiger charge is 2.19. The van der Waals surface area contributed by atoms with Gasteiger partial charge in [-0.2, -0.15) is 0 Å². The normalized spacial score (nSPS) is 11.3. The minimum atomic E-state index is -1.13. The molecule has 0 saturated heterocycles. The monoisotopic (exact) mass is 563 g/mol. The molecule has 206 valence electrons. The van der Waals surface area contributed by atoms with Crippen LogP contribution in [0.2, 0.25) is 0 Å². The van der Waals surface area contributed by atoms with Gasteiger partial charge in [0.2, 0.25) is 0 Å². The van der Waals surface area contributed by atoms with Gasteiger partial charge in [-0.1, -0.05) is 45.9 Å². The predicted octanol–water partition coefficient (Wildman–Crippen LogP) is 8.24. The molecule has 1 aromatic carbocycles. The number of hydrogen-bond donors (Lipinski definition) is 2. The SMILES string of the molecule is CC(C)c1cccc(C(C)C)c1-c1ccc(-c2ccnc(-c3cc(C(=O)O)cc(-c4cc(C(=O)O)ccn4)n3)c2)s1. The maximum Gasteiger partial charge on any atom is 0.335 e. The Bertz CT molecular complexity index is 1750. The molecule has 0 unspecified atom stereocenters. The lowest BCUT2D eigenvalue weighted by Crippen LogP contribution is -2.02. The van der Waals surface area contributed by atoms with E-state index in [9.17, 15) is 19.8 Å². The standard InChI is InChI=1S/C33H29N3O4S/c1-18(2)23-6-5-7-24(19(3)4)31(23)30-9-8-29(41-30)20-10-12-34-25(14-20)27-16-22(33(39)40)17-28(36-27)26-15-21(32(37)38)11-13-35-26/h5-19H,1-4H3,(H,37,38)(H,39,40). The Hall–Kier alpha value is -4.69. The fourth-order valence-electron chi connectivity index (χ4n) is 4.81. The van der Waals surface area contributed by atoms with Crippen molar-refractivity contribution in [2.75, 3.05) is 0 Å². The van der Waals surface area contributed by atoms with Crippen LogP contribution in [-0.2, 0) is 0 Å². The number of benzene rings is 1. The van der Waals surface area contributed by atoms with E-state index < -0.39 is 11.9 Å². The van der Waals surface area contributed by atoms with Gasteiger partial charge in [-0.05, 0) is 82.6 Å². The van der Waals surface area contributed by atoms with Crippen molar-refractivity contribution in [2.45, 2.75) is 39.5 Å². The third kappa shape index (κ3) is 5.78. The lowest BCUT2D eigenvalue weighted by atomic mass is 9.88. The van der Waals surface area contributed by atoms with E-state index in [-0.39, 0.29) is 22.5 Å². The van der Waals surface area contributed by atoms with Gasteiger partial charge in [0.05, 0.1) is 33.9 Å². The molecule has 0 atom stereocenters. The van der Waals surface area contributed by atoms with E-state index in [1.807, 2.05) is 12.1 Å². The number of hydrogen-bond acceptors (Lipinski definition) is 6. The van der Waals surface area contributed by atoms with Crippen molar-refractivity contribution in [1.82, 2.24) is 15.0 Å². The van der Waals surface area contributed by atoms with Gasteiger partial charge in [0.15, 0.2) is 0 Å². The van der Waals surface area contributed by atoms with Gasteiger partial charge in [-0.3, -0.25) is 9.97 Å². The highest BCUT2D eigenvalue weighted by Crippen LogP contribution is 2.42. The van der Waals surface area contributed by atoms with Crippen molar-refractivity contribution in [3.05, 3.63) is 101 Å². The Labute approximate surface area is 242 Å². The molecule has 0 spiro atoms. The summed E-state index contributed by atoms with van der Waals surface area (Å²) in [7, 11) is 0. The summed E-state index contributed by atoms with van der Waals surface area (Å²) in [6.07, 6.45) is 3.05. The number of carboxylic acids is 2. The highest BCUT2D eigenvalue weighted by atomic mass is 32.1. The molecule has 0 aliphatic carbocycles. The molecule has 5 aromatic rings. The molecule has 0 radical (unpaired) electrons. The summed E-state index contributed by atoms with van der Waals surface area (Å²) in [6.45, 7) is 8.86. The summed E-state index contributed by atoms with van der Waals surface area (Å²) in [4.78, 5) is 39.0. The Morgan fingerprint density at radius 2 is 1.20 bits per heavy atom. The average Bonchev–Trinajstić information content (AvgIpc) is 3.46. The van der Waals surface area contributed by atoms with Gasteiger partial charge in [0.1, 0.15) is 0 Å². The second-order valence-corrected chi connectivity index (χ2v) is 11.5. The minimum Gasteiger partial charge on any atom is -0.478 e. The van der Waals surface area contributed by atoms with Gasteiger partial charge in [0.25, 0.3) is 0 Å². The van der Waals surface area contributed by atoms with Gasteiger partial charge in [-0.15, -0.1) is 11.3 Å². The molecule has 0 saturated carbocycles. The fourth-order valence-corrected chi connectivity index (χ4v) is 5.90. The summed E-state index contributed by atoms with van der Waals surface area (Å²) >= 11 is 1.71. The van der Waals surface area contributed by atoms with E-state index in [0.717, 1.165) is 10.4 Å². The quantitative estimate of drug-likeness (QED) is 0.195.